The Bertz CT molecular complexity index is 1610. The smallest absolute Gasteiger partial charge is 0.235 e. The molecule has 39 heavy (non-hydrogen) atoms. The Labute approximate surface area is 229 Å². The highest BCUT2D eigenvalue weighted by Gasteiger charge is 2.65. The summed E-state index contributed by atoms with van der Waals surface area (Å²) in [7, 11) is 0. The van der Waals surface area contributed by atoms with Crippen molar-refractivity contribution in [1.29, 1.82) is 0 Å². The maximum Gasteiger partial charge on any atom is 0.235 e. The largest absolute Gasteiger partial charge is 0.373 e. The first-order chi connectivity index (χ1) is 18.9. The number of aromatic nitrogens is 2. The van der Waals surface area contributed by atoms with Gasteiger partial charge < -0.3 is 10.1 Å². The zero-order chi connectivity index (χ0) is 26.7. The van der Waals surface area contributed by atoms with Gasteiger partial charge in [0.05, 0.1) is 28.8 Å². The number of aromatic amines is 1. The van der Waals surface area contributed by atoms with Gasteiger partial charge in [-0.1, -0.05) is 60.2 Å². The first kappa shape index (κ1) is 24.3. The minimum Gasteiger partial charge on any atom is -0.373 e. The Morgan fingerprint density at radius 1 is 1.05 bits per heavy atom. The highest BCUT2D eigenvalue weighted by atomic mass is 16.5. The second-order valence-corrected chi connectivity index (χ2v) is 11.7. The Morgan fingerprint density at radius 2 is 1.90 bits per heavy atom. The number of hydrogen-bond acceptors (Lipinski definition) is 4. The van der Waals surface area contributed by atoms with E-state index in [-0.39, 0.29) is 24.0 Å². The lowest BCUT2D eigenvalue weighted by Crippen LogP contribution is -2.44. The monoisotopic (exact) mass is 518 g/mol. The van der Waals surface area contributed by atoms with Crippen molar-refractivity contribution >= 4 is 34.6 Å². The number of H-pyrrole nitrogens is 1. The number of nitrogens with one attached hydrogen (secondary N) is 2. The molecule has 2 aliphatic heterocycles. The number of ether oxygens (including phenoxy) is 1. The molecule has 0 radical (unpaired) electrons. The molecule has 2 fully saturated rings. The van der Waals surface area contributed by atoms with Gasteiger partial charge in [0.15, 0.2) is 0 Å². The van der Waals surface area contributed by atoms with Crippen LogP contribution in [0.25, 0.3) is 23.1 Å². The Kier molecular flexibility index (Phi) is 5.72. The first-order valence-electron chi connectivity index (χ1n) is 13.9. The summed E-state index contributed by atoms with van der Waals surface area (Å²) in [5, 5.41) is 12.0. The molecule has 0 bridgehead atoms. The van der Waals surface area contributed by atoms with E-state index >= 15 is 0 Å². The van der Waals surface area contributed by atoms with Crippen molar-refractivity contribution in [1.82, 2.24) is 15.1 Å². The van der Waals surface area contributed by atoms with E-state index in [0.29, 0.717) is 0 Å². The summed E-state index contributed by atoms with van der Waals surface area (Å²) < 4.78 is 5.88. The zero-order valence-corrected chi connectivity index (χ0v) is 22.7. The molecule has 3 aliphatic rings. The summed E-state index contributed by atoms with van der Waals surface area (Å²) in [5.74, 6) is 0.314. The molecule has 2 N–H and O–H groups in total. The SMILES string of the molecule is Cc1ccc2c(c1)[C@]1(C[C@H]1c1ccc3c(C=Cc4cccc(CN5C[C@@H](C)O[C@@H](C)C5)c4)n[nH]c3c1)C(=O)N2. The quantitative estimate of drug-likeness (QED) is 0.339. The molecule has 1 amide bonds. The number of amides is 1. The Morgan fingerprint density at radius 3 is 2.74 bits per heavy atom. The average Bonchev–Trinajstić information content (AvgIpc) is 3.45. The summed E-state index contributed by atoms with van der Waals surface area (Å²) in [4.78, 5) is 15.5. The molecular weight excluding hydrogens is 484 g/mol. The van der Waals surface area contributed by atoms with E-state index in [1.807, 2.05) is 6.07 Å². The fourth-order valence-corrected chi connectivity index (χ4v) is 6.75. The van der Waals surface area contributed by atoms with Gasteiger partial charge in [0.2, 0.25) is 5.91 Å². The fourth-order valence-electron chi connectivity index (χ4n) is 6.75. The van der Waals surface area contributed by atoms with Crippen molar-refractivity contribution in [3.05, 3.63) is 94.2 Å². The molecule has 7 rings (SSSR count). The number of rotatable bonds is 5. The minimum atomic E-state index is -0.430. The third kappa shape index (κ3) is 4.28. The van der Waals surface area contributed by atoms with Crippen LogP contribution < -0.4 is 5.32 Å². The molecule has 6 nitrogen and oxygen atoms in total. The van der Waals surface area contributed by atoms with Gasteiger partial charge in [-0.15, -0.1) is 0 Å². The molecule has 4 aromatic rings. The number of aryl methyl sites for hydroxylation is 1. The van der Waals surface area contributed by atoms with Crippen molar-refractivity contribution in [2.45, 2.75) is 57.3 Å². The van der Waals surface area contributed by atoms with E-state index in [1.165, 1.54) is 16.7 Å². The standard InChI is InChI=1S/C33H34N4O2/c1-20-7-11-30-27(13-20)33(32(38)34-30)16-28(33)25-9-10-26-29(35-36-31(26)15-25)12-8-23-5-4-6-24(14-23)19-37-17-21(2)39-22(3)18-37/h4-15,21-22,28H,16-19H2,1-3H3,(H,34,38)(H,35,36)/t21-,22+,28-,33-/m0/s1. The molecule has 1 aliphatic carbocycles. The summed E-state index contributed by atoms with van der Waals surface area (Å²) >= 11 is 0. The normalized spacial score (nSPS) is 26.4. The number of hydrogen-bond donors (Lipinski definition) is 2. The molecule has 4 atom stereocenters. The van der Waals surface area contributed by atoms with Crippen molar-refractivity contribution in [3.8, 4) is 0 Å². The van der Waals surface area contributed by atoms with Crippen LogP contribution in [0.4, 0.5) is 5.69 Å². The summed E-state index contributed by atoms with van der Waals surface area (Å²) in [6.07, 6.45) is 5.60. The Hall–Kier alpha value is -3.74. The number of benzene rings is 3. The van der Waals surface area contributed by atoms with Crippen molar-refractivity contribution in [2.75, 3.05) is 18.4 Å². The molecule has 1 saturated heterocycles. The van der Waals surface area contributed by atoms with Crippen LogP contribution in [0, 0.1) is 6.92 Å². The lowest BCUT2D eigenvalue weighted by molar-refractivity contribution is -0.118. The molecule has 3 heterocycles. The minimum absolute atomic E-state index is 0.126. The van der Waals surface area contributed by atoms with Crippen LogP contribution in [0.2, 0.25) is 0 Å². The average molecular weight is 519 g/mol. The second kappa shape index (κ2) is 9.18. The van der Waals surface area contributed by atoms with Gasteiger partial charge in [0.25, 0.3) is 0 Å². The molecule has 1 saturated carbocycles. The van der Waals surface area contributed by atoms with E-state index in [9.17, 15) is 4.79 Å². The maximum absolute atomic E-state index is 13.0. The van der Waals surface area contributed by atoms with Gasteiger partial charge in [-0.3, -0.25) is 14.8 Å². The third-order valence-electron chi connectivity index (χ3n) is 8.57. The highest BCUT2D eigenvalue weighted by Crippen LogP contribution is 2.65. The van der Waals surface area contributed by atoms with E-state index < -0.39 is 5.41 Å². The topological polar surface area (TPSA) is 70.2 Å². The van der Waals surface area contributed by atoms with E-state index in [1.54, 1.807) is 0 Å². The molecular formula is C33H34N4O2. The summed E-state index contributed by atoms with van der Waals surface area (Å²) in [6, 6.07) is 21.5. The number of nitrogens with zero attached hydrogens (tertiary/aromatic N) is 2. The predicted molar refractivity (Wildman–Crippen MR) is 156 cm³/mol. The Balaban J connectivity index is 1.09. The maximum atomic E-state index is 13.0. The first-order valence-corrected chi connectivity index (χ1v) is 13.9. The molecule has 198 valence electrons. The zero-order valence-electron chi connectivity index (χ0n) is 22.7. The summed E-state index contributed by atoms with van der Waals surface area (Å²) in [6.45, 7) is 9.23. The second-order valence-electron chi connectivity index (χ2n) is 11.7. The number of carbonyl (C=O) groups excluding carboxylic acids is 1. The summed E-state index contributed by atoms with van der Waals surface area (Å²) in [5.41, 5.74) is 8.44. The number of anilines is 1. The van der Waals surface area contributed by atoms with Gasteiger partial charge in [0.1, 0.15) is 0 Å². The molecule has 1 spiro atoms. The van der Waals surface area contributed by atoms with Crippen LogP contribution in [-0.2, 0) is 21.5 Å². The molecule has 6 heteroatoms. The van der Waals surface area contributed by atoms with Crippen LogP contribution in [0.1, 0.15) is 59.7 Å². The van der Waals surface area contributed by atoms with Crippen LogP contribution >= 0.6 is 0 Å². The molecule has 1 aromatic heterocycles. The number of fused-ring (bicyclic) bond motifs is 3. The van der Waals surface area contributed by atoms with E-state index in [2.05, 4.69) is 108 Å². The van der Waals surface area contributed by atoms with Gasteiger partial charge in [-0.2, -0.15) is 5.10 Å². The van der Waals surface area contributed by atoms with Gasteiger partial charge in [-0.25, -0.2) is 0 Å². The van der Waals surface area contributed by atoms with Gasteiger partial charge in [-0.05, 0) is 67.7 Å². The van der Waals surface area contributed by atoms with Gasteiger partial charge >= 0.3 is 0 Å². The molecule has 3 aromatic carbocycles. The number of carbonyl (C=O) groups is 1. The number of morpholine rings is 1. The van der Waals surface area contributed by atoms with Crippen molar-refractivity contribution < 1.29 is 9.53 Å². The van der Waals surface area contributed by atoms with Crippen molar-refractivity contribution in [2.24, 2.45) is 0 Å². The van der Waals surface area contributed by atoms with E-state index in [0.717, 1.165) is 59.5 Å². The van der Waals surface area contributed by atoms with Crippen LogP contribution in [0.15, 0.2) is 60.7 Å². The lowest BCUT2D eigenvalue weighted by atomic mass is 9.91. The van der Waals surface area contributed by atoms with Crippen LogP contribution in [-0.4, -0.2) is 46.3 Å². The molecule has 0 unspecified atom stereocenters. The lowest BCUT2D eigenvalue weighted by Gasteiger charge is -2.35. The predicted octanol–water partition coefficient (Wildman–Crippen LogP) is 6.03. The van der Waals surface area contributed by atoms with E-state index in [4.69, 9.17) is 4.74 Å². The van der Waals surface area contributed by atoms with Crippen molar-refractivity contribution in [3.63, 3.8) is 0 Å². The van der Waals surface area contributed by atoms with Crippen LogP contribution in [0.3, 0.4) is 0 Å². The van der Waals surface area contributed by atoms with Crippen LogP contribution in [0.5, 0.6) is 0 Å². The fraction of sp³-hybridized carbons (Fsp3) is 0.333. The van der Waals surface area contributed by atoms with Gasteiger partial charge in [0, 0.05) is 36.6 Å². The third-order valence-corrected chi connectivity index (χ3v) is 8.57. The highest BCUT2D eigenvalue weighted by molar-refractivity contribution is 6.10.